The number of likely N-dealkylation sites (tertiary alicyclic amines) is 1. The second-order valence-electron chi connectivity index (χ2n) is 11.1. The lowest BCUT2D eigenvalue weighted by molar-refractivity contribution is -0.128. The summed E-state index contributed by atoms with van der Waals surface area (Å²) in [6.07, 6.45) is 14.7. The SMILES string of the molecule is CC(=O)[C@H]1[C@H](C#N)C[C@H]2[C@@H]3CC=C4C=C(N5CCCC5)CC[C@]4(C)[C@H]3CC[C@@]21C. The molecule has 29 heavy (non-hydrogen) atoms. The number of carbonyl (C=O) groups excluding carboxylic acids is 1. The maximum Gasteiger partial charge on any atom is 0.134 e. The van der Waals surface area contributed by atoms with Gasteiger partial charge in [0.25, 0.3) is 0 Å². The van der Waals surface area contributed by atoms with Crippen LogP contribution in [0.4, 0.5) is 0 Å². The highest BCUT2D eigenvalue weighted by molar-refractivity contribution is 5.80. The molecule has 1 saturated heterocycles. The van der Waals surface area contributed by atoms with Crippen LogP contribution in [0.3, 0.4) is 0 Å². The second-order valence-corrected chi connectivity index (χ2v) is 11.1. The Balaban J connectivity index is 1.47. The standard InChI is InChI=1S/C26H36N2O/c1-17(29)24-18(16-27)14-23-21-7-6-19-15-20(28-12-4-5-13-28)8-10-25(19,2)22(21)9-11-26(23,24)3/h6,15,18,21-24H,4-5,7-14H2,1-3H3/t18-,21+,22-,23-,24-,25-,26-/m0/s1. The van der Waals surface area contributed by atoms with Crippen LogP contribution in [0, 0.1) is 51.8 Å². The predicted molar refractivity (Wildman–Crippen MR) is 115 cm³/mol. The summed E-state index contributed by atoms with van der Waals surface area (Å²) in [6, 6.07) is 2.52. The van der Waals surface area contributed by atoms with Crippen molar-refractivity contribution in [3.05, 3.63) is 23.4 Å². The van der Waals surface area contributed by atoms with Crippen molar-refractivity contribution in [2.45, 2.75) is 72.1 Å². The Morgan fingerprint density at radius 2 is 1.97 bits per heavy atom. The molecule has 2 saturated carbocycles. The lowest BCUT2D eigenvalue weighted by atomic mass is 9.48. The number of carbonyl (C=O) groups is 1. The highest BCUT2D eigenvalue weighted by Crippen LogP contribution is 2.67. The number of Topliss-reactive ketones (excluding diaryl/α,β-unsaturated/α-hetero) is 1. The van der Waals surface area contributed by atoms with Crippen LogP contribution in [0.15, 0.2) is 23.4 Å². The van der Waals surface area contributed by atoms with Gasteiger partial charge in [0.15, 0.2) is 0 Å². The summed E-state index contributed by atoms with van der Waals surface area (Å²) in [7, 11) is 0. The number of nitrogens with zero attached hydrogens (tertiary/aromatic N) is 2. The van der Waals surface area contributed by atoms with E-state index in [-0.39, 0.29) is 28.4 Å². The van der Waals surface area contributed by atoms with E-state index in [0.29, 0.717) is 17.8 Å². The van der Waals surface area contributed by atoms with Crippen molar-refractivity contribution in [3.63, 3.8) is 0 Å². The van der Waals surface area contributed by atoms with Crippen LogP contribution in [0.25, 0.3) is 0 Å². The van der Waals surface area contributed by atoms with Crippen molar-refractivity contribution in [3.8, 4) is 6.07 Å². The molecule has 0 aromatic rings. The number of allylic oxidation sites excluding steroid dienone is 4. The van der Waals surface area contributed by atoms with E-state index < -0.39 is 0 Å². The molecule has 0 spiro atoms. The van der Waals surface area contributed by atoms with E-state index in [4.69, 9.17) is 0 Å². The van der Waals surface area contributed by atoms with Crippen LogP contribution < -0.4 is 0 Å². The van der Waals surface area contributed by atoms with E-state index in [2.05, 4.69) is 37.0 Å². The first-order valence-corrected chi connectivity index (χ1v) is 11.9. The Bertz CT molecular complexity index is 813. The maximum atomic E-state index is 12.5. The minimum Gasteiger partial charge on any atom is -0.375 e. The average molecular weight is 393 g/mol. The Labute approximate surface area is 176 Å². The fourth-order valence-electron chi connectivity index (χ4n) is 8.49. The Morgan fingerprint density at radius 1 is 1.21 bits per heavy atom. The molecule has 0 N–H and O–H groups in total. The molecule has 5 rings (SSSR count). The summed E-state index contributed by atoms with van der Waals surface area (Å²) < 4.78 is 0. The third-order valence-electron chi connectivity index (χ3n) is 9.92. The largest absolute Gasteiger partial charge is 0.375 e. The zero-order chi connectivity index (χ0) is 20.4. The van der Waals surface area contributed by atoms with Crippen molar-refractivity contribution in [2.24, 2.45) is 40.4 Å². The average Bonchev–Trinajstić information content (AvgIpc) is 3.32. The van der Waals surface area contributed by atoms with Gasteiger partial charge in [0.1, 0.15) is 5.78 Å². The minimum absolute atomic E-state index is 0.0281. The summed E-state index contributed by atoms with van der Waals surface area (Å²) in [6.45, 7) is 9.06. The molecular weight excluding hydrogens is 356 g/mol. The number of hydrogen-bond donors (Lipinski definition) is 0. The van der Waals surface area contributed by atoms with Crippen molar-refractivity contribution in [1.82, 2.24) is 4.90 Å². The second kappa shape index (κ2) is 6.73. The quantitative estimate of drug-likeness (QED) is 0.624. The monoisotopic (exact) mass is 392 g/mol. The first-order chi connectivity index (χ1) is 13.9. The van der Waals surface area contributed by atoms with Crippen LogP contribution in [0.1, 0.15) is 72.1 Å². The molecule has 7 atom stereocenters. The van der Waals surface area contributed by atoms with Crippen LogP contribution >= 0.6 is 0 Å². The normalized spacial score (nSPS) is 46.1. The number of fused-ring (bicyclic) bond motifs is 5. The van der Waals surface area contributed by atoms with E-state index in [0.717, 1.165) is 19.3 Å². The van der Waals surface area contributed by atoms with Gasteiger partial charge in [-0.3, -0.25) is 4.79 Å². The molecule has 5 aliphatic rings. The highest BCUT2D eigenvalue weighted by Gasteiger charge is 2.62. The zero-order valence-electron chi connectivity index (χ0n) is 18.4. The molecule has 1 heterocycles. The van der Waals surface area contributed by atoms with Gasteiger partial charge in [-0.1, -0.05) is 19.9 Å². The zero-order valence-corrected chi connectivity index (χ0v) is 18.4. The van der Waals surface area contributed by atoms with E-state index in [1.165, 1.54) is 45.2 Å². The van der Waals surface area contributed by atoms with E-state index in [9.17, 15) is 10.1 Å². The third-order valence-corrected chi connectivity index (χ3v) is 9.92. The molecule has 3 nitrogen and oxygen atoms in total. The minimum atomic E-state index is -0.0764. The molecule has 0 aromatic carbocycles. The first kappa shape index (κ1) is 19.4. The van der Waals surface area contributed by atoms with Crippen molar-refractivity contribution < 1.29 is 4.79 Å². The lowest BCUT2D eigenvalue weighted by Gasteiger charge is -2.57. The topological polar surface area (TPSA) is 44.1 Å². The van der Waals surface area contributed by atoms with Gasteiger partial charge in [0.2, 0.25) is 0 Å². The number of ketones is 1. The highest BCUT2D eigenvalue weighted by atomic mass is 16.1. The molecule has 3 fully saturated rings. The van der Waals surface area contributed by atoms with E-state index >= 15 is 0 Å². The third kappa shape index (κ3) is 2.70. The summed E-state index contributed by atoms with van der Waals surface area (Å²) in [5.74, 6) is 2.00. The molecule has 1 aliphatic heterocycles. The number of hydrogen-bond acceptors (Lipinski definition) is 3. The fourth-order valence-corrected chi connectivity index (χ4v) is 8.49. The van der Waals surface area contributed by atoms with E-state index in [1.54, 1.807) is 18.2 Å². The molecule has 156 valence electrons. The summed E-state index contributed by atoms with van der Waals surface area (Å²) in [4.78, 5) is 15.1. The molecule has 0 radical (unpaired) electrons. The Hall–Kier alpha value is -1.56. The molecular formula is C26H36N2O. The van der Waals surface area contributed by atoms with Gasteiger partial charge in [-0.05, 0) is 98.5 Å². The summed E-state index contributed by atoms with van der Waals surface area (Å²) >= 11 is 0. The number of rotatable bonds is 2. The van der Waals surface area contributed by atoms with Crippen LogP contribution in [0.5, 0.6) is 0 Å². The van der Waals surface area contributed by atoms with Crippen LogP contribution in [0.2, 0.25) is 0 Å². The van der Waals surface area contributed by atoms with Gasteiger partial charge >= 0.3 is 0 Å². The molecule has 4 aliphatic carbocycles. The number of nitriles is 1. The molecule has 0 aromatic heterocycles. The molecule has 0 unspecified atom stereocenters. The van der Waals surface area contributed by atoms with Gasteiger partial charge in [0.05, 0.1) is 12.0 Å². The Morgan fingerprint density at radius 3 is 2.66 bits per heavy atom. The van der Waals surface area contributed by atoms with Gasteiger partial charge in [-0.2, -0.15) is 5.26 Å². The van der Waals surface area contributed by atoms with Crippen molar-refractivity contribution in [2.75, 3.05) is 13.1 Å². The van der Waals surface area contributed by atoms with Crippen molar-refractivity contribution in [1.29, 1.82) is 5.26 Å². The fraction of sp³-hybridized carbons (Fsp3) is 0.769. The molecule has 3 heteroatoms. The van der Waals surface area contributed by atoms with Gasteiger partial charge < -0.3 is 4.90 Å². The van der Waals surface area contributed by atoms with Crippen LogP contribution in [-0.2, 0) is 4.79 Å². The Kier molecular flexibility index (Phi) is 4.50. The lowest BCUT2D eigenvalue weighted by Crippen LogP contribution is -2.50. The van der Waals surface area contributed by atoms with Gasteiger partial charge in [-0.25, -0.2) is 0 Å². The maximum absolute atomic E-state index is 12.5. The summed E-state index contributed by atoms with van der Waals surface area (Å²) in [5, 5.41) is 9.79. The first-order valence-electron chi connectivity index (χ1n) is 11.9. The molecule has 0 bridgehead atoms. The van der Waals surface area contributed by atoms with Crippen LogP contribution in [-0.4, -0.2) is 23.8 Å². The van der Waals surface area contributed by atoms with Crippen molar-refractivity contribution >= 4 is 5.78 Å². The smallest absolute Gasteiger partial charge is 0.134 e. The van der Waals surface area contributed by atoms with Gasteiger partial charge in [0, 0.05) is 24.7 Å². The van der Waals surface area contributed by atoms with E-state index in [1.807, 2.05) is 0 Å². The van der Waals surface area contributed by atoms with Gasteiger partial charge in [-0.15, -0.1) is 0 Å². The molecule has 0 amide bonds. The predicted octanol–water partition coefficient (Wildman–Crippen LogP) is 5.49. The summed E-state index contributed by atoms with van der Waals surface area (Å²) in [5.41, 5.74) is 3.48.